The predicted octanol–water partition coefficient (Wildman–Crippen LogP) is 6.55. The van der Waals surface area contributed by atoms with Crippen LogP contribution in [-0.4, -0.2) is 12.6 Å². The Morgan fingerprint density at radius 3 is 2.03 bits per heavy atom. The Morgan fingerprint density at radius 2 is 1.47 bits per heavy atom. The summed E-state index contributed by atoms with van der Waals surface area (Å²) in [6.45, 7) is 10.3. The zero-order chi connectivity index (χ0) is 24.4. The van der Waals surface area contributed by atoms with Gasteiger partial charge in [0.1, 0.15) is 0 Å². The fourth-order valence-corrected chi connectivity index (χ4v) is 5.95. The van der Waals surface area contributed by atoms with Gasteiger partial charge in [0.25, 0.3) is 0 Å². The van der Waals surface area contributed by atoms with Crippen LogP contribution in [-0.2, 0) is 9.53 Å². The Labute approximate surface area is 205 Å². The molecule has 0 unspecified atom stereocenters. The first-order valence-electron chi connectivity index (χ1n) is 11.6. The molecule has 0 aliphatic rings. The van der Waals surface area contributed by atoms with E-state index in [1.807, 2.05) is 19.1 Å². The number of ether oxygens (including phenoxy) is 1. The first kappa shape index (κ1) is 25.4. The van der Waals surface area contributed by atoms with E-state index in [2.05, 4.69) is 118 Å². The average Bonchev–Trinajstić information content (AvgIpc) is 2.85. The smallest absolute Gasteiger partial charge is 0.310 e. The molecule has 0 amide bonds. The lowest BCUT2D eigenvalue weighted by Gasteiger charge is -2.21. The first-order valence-corrected chi connectivity index (χ1v) is 13.0. The summed E-state index contributed by atoms with van der Waals surface area (Å²) in [4.78, 5) is 12.4. The summed E-state index contributed by atoms with van der Waals surface area (Å²) >= 11 is 0. The minimum absolute atomic E-state index is 0.173. The summed E-state index contributed by atoms with van der Waals surface area (Å²) in [5.74, 6) is -0.222. The number of hydrogen-bond donors (Lipinski definition) is 0. The Morgan fingerprint density at radius 1 is 0.912 bits per heavy atom. The Bertz CT molecular complexity index is 1100. The fourth-order valence-electron chi connectivity index (χ4n) is 3.52. The van der Waals surface area contributed by atoms with Crippen LogP contribution in [0.15, 0.2) is 115 Å². The maximum atomic E-state index is 12.4. The van der Waals surface area contributed by atoms with Crippen molar-refractivity contribution in [3.8, 4) is 0 Å². The van der Waals surface area contributed by atoms with E-state index in [0.29, 0.717) is 6.61 Å². The molecule has 0 heterocycles. The molecule has 0 N–H and O–H groups in total. The van der Waals surface area contributed by atoms with E-state index in [1.54, 1.807) is 0 Å². The van der Waals surface area contributed by atoms with Gasteiger partial charge in [0.15, 0.2) is 0 Å². The number of benzene rings is 3. The quantitative estimate of drug-likeness (QED) is 0.146. The van der Waals surface area contributed by atoms with Crippen molar-refractivity contribution in [2.24, 2.45) is 5.41 Å². The summed E-state index contributed by atoms with van der Waals surface area (Å²) in [6.07, 6.45) is 8.38. The fraction of sp³-hybridized carbons (Fsp3) is 0.194. The number of rotatable bonds is 10. The van der Waals surface area contributed by atoms with Crippen LogP contribution in [0.25, 0.3) is 6.08 Å². The topological polar surface area (TPSA) is 26.3 Å². The van der Waals surface area contributed by atoms with Crippen LogP contribution in [0.5, 0.6) is 0 Å². The highest BCUT2D eigenvalue weighted by Crippen LogP contribution is 2.34. The molecular weight excluding hydrogens is 435 g/mol. The number of allylic oxidation sites excluding steroid dienone is 3. The van der Waals surface area contributed by atoms with E-state index < -0.39 is 7.92 Å². The second kappa shape index (κ2) is 12.3. The summed E-state index contributed by atoms with van der Waals surface area (Å²) in [5.41, 5.74) is 1.85. The van der Waals surface area contributed by atoms with Crippen molar-refractivity contribution in [1.29, 1.82) is 0 Å². The Hall–Kier alpha value is -3.22. The van der Waals surface area contributed by atoms with Gasteiger partial charge in [-0.05, 0) is 41.9 Å². The minimum atomic E-state index is -0.760. The molecule has 2 nitrogen and oxygen atoms in total. The zero-order valence-electron chi connectivity index (χ0n) is 20.3. The SMILES string of the molecule is C=CC(C)(C)/C=C/C(=Cc1ccccc1P(c1ccccc1)c1ccccc1)CC(=O)OCC. The number of carbonyl (C=O) groups is 1. The number of hydrogen-bond acceptors (Lipinski definition) is 2. The van der Waals surface area contributed by atoms with Crippen molar-refractivity contribution < 1.29 is 9.53 Å². The van der Waals surface area contributed by atoms with Gasteiger partial charge < -0.3 is 4.74 Å². The standard InChI is InChI=1S/C31H33O2P/c1-5-31(3,4)22-21-25(24-30(32)33-6-2)23-26-15-13-14-20-29(26)34(27-16-9-7-10-17-27)28-18-11-8-12-19-28/h5,7-23H,1,6,24H2,2-4H3/b22-21+,25-23?. The highest BCUT2D eigenvalue weighted by atomic mass is 31.1. The van der Waals surface area contributed by atoms with Crippen molar-refractivity contribution >= 4 is 35.9 Å². The second-order valence-corrected chi connectivity index (χ2v) is 10.8. The molecule has 0 aliphatic heterocycles. The molecule has 174 valence electrons. The summed E-state index contributed by atoms with van der Waals surface area (Å²) < 4.78 is 5.25. The largest absolute Gasteiger partial charge is 0.466 e. The van der Waals surface area contributed by atoms with Gasteiger partial charge in [0.2, 0.25) is 0 Å². The molecule has 34 heavy (non-hydrogen) atoms. The summed E-state index contributed by atoms with van der Waals surface area (Å²) in [6, 6.07) is 29.8. The predicted molar refractivity (Wildman–Crippen MR) is 147 cm³/mol. The van der Waals surface area contributed by atoms with Gasteiger partial charge in [-0.3, -0.25) is 4.79 Å². The van der Waals surface area contributed by atoms with E-state index in [0.717, 1.165) is 11.1 Å². The van der Waals surface area contributed by atoms with Crippen LogP contribution in [0.3, 0.4) is 0 Å². The molecule has 0 radical (unpaired) electrons. The second-order valence-electron chi connectivity index (χ2n) is 8.63. The molecule has 3 aromatic carbocycles. The van der Waals surface area contributed by atoms with Gasteiger partial charge in [0, 0.05) is 5.41 Å². The maximum absolute atomic E-state index is 12.4. The van der Waals surface area contributed by atoms with E-state index in [4.69, 9.17) is 4.74 Å². The van der Waals surface area contributed by atoms with Gasteiger partial charge in [-0.2, -0.15) is 0 Å². The van der Waals surface area contributed by atoms with E-state index >= 15 is 0 Å². The Kier molecular flexibility index (Phi) is 9.19. The normalized spacial score (nSPS) is 12.2. The molecule has 0 saturated carbocycles. The van der Waals surface area contributed by atoms with E-state index in [1.165, 1.54) is 15.9 Å². The lowest BCUT2D eigenvalue weighted by atomic mass is 9.92. The van der Waals surface area contributed by atoms with E-state index in [-0.39, 0.29) is 17.8 Å². The first-order chi connectivity index (χ1) is 16.4. The lowest BCUT2D eigenvalue weighted by Crippen LogP contribution is -2.22. The molecule has 0 atom stereocenters. The van der Waals surface area contributed by atoms with Crippen LogP contribution in [0.1, 0.15) is 32.8 Å². The average molecular weight is 469 g/mol. The van der Waals surface area contributed by atoms with Crippen molar-refractivity contribution in [2.75, 3.05) is 6.61 Å². The molecule has 3 rings (SSSR count). The highest BCUT2D eigenvalue weighted by molar-refractivity contribution is 7.80. The lowest BCUT2D eigenvalue weighted by molar-refractivity contribution is -0.142. The molecule has 0 aliphatic carbocycles. The van der Waals surface area contributed by atoms with Crippen LogP contribution in [0.2, 0.25) is 0 Å². The highest BCUT2D eigenvalue weighted by Gasteiger charge is 2.19. The zero-order valence-corrected chi connectivity index (χ0v) is 21.2. The molecule has 0 fully saturated rings. The minimum Gasteiger partial charge on any atom is -0.466 e. The third-order valence-electron chi connectivity index (χ3n) is 5.45. The molecule has 0 aromatic heterocycles. The van der Waals surface area contributed by atoms with Crippen molar-refractivity contribution in [1.82, 2.24) is 0 Å². The Balaban J connectivity index is 2.13. The number of esters is 1. The van der Waals surface area contributed by atoms with Crippen LogP contribution < -0.4 is 15.9 Å². The van der Waals surface area contributed by atoms with Crippen molar-refractivity contribution in [2.45, 2.75) is 27.2 Å². The third kappa shape index (κ3) is 7.14. The molecular formula is C31H33O2P. The van der Waals surface area contributed by atoms with Gasteiger partial charge in [-0.15, -0.1) is 6.58 Å². The van der Waals surface area contributed by atoms with Crippen LogP contribution >= 0.6 is 7.92 Å². The molecule has 3 aromatic rings. The van der Waals surface area contributed by atoms with Gasteiger partial charge >= 0.3 is 5.97 Å². The monoisotopic (exact) mass is 468 g/mol. The van der Waals surface area contributed by atoms with Crippen LogP contribution in [0.4, 0.5) is 0 Å². The van der Waals surface area contributed by atoms with Gasteiger partial charge in [-0.25, -0.2) is 0 Å². The van der Waals surface area contributed by atoms with Gasteiger partial charge in [-0.1, -0.05) is 123 Å². The molecule has 0 bridgehead atoms. The van der Waals surface area contributed by atoms with E-state index in [9.17, 15) is 4.79 Å². The van der Waals surface area contributed by atoms with Crippen LogP contribution in [0, 0.1) is 5.41 Å². The van der Waals surface area contributed by atoms with Gasteiger partial charge in [0.05, 0.1) is 13.0 Å². The maximum Gasteiger partial charge on any atom is 0.310 e. The summed E-state index contributed by atoms with van der Waals surface area (Å²) in [7, 11) is -0.760. The number of carbonyl (C=O) groups excluding carboxylic acids is 1. The molecule has 3 heteroatoms. The van der Waals surface area contributed by atoms with Crippen molar-refractivity contribution in [3.63, 3.8) is 0 Å². The summed E-state index contributed by atoms with van der Waals surface area (Å²) in [5, 5.41) is 3.84. The van der Waals surface area contributed by atoms with Crippen molar-refractivity contribution in [3.05, 3.63) is 121 Å². The molecule has 0 spiro atoms. The third-order valence-corrected chi connectivity index (χ3v) is 7.97. The molecule has 0 saturated heterocycles.